The summed E-state index contributed by atoms with van der Waals surface area (Å²) in [5.41, 5.74) is 11.7. The van der Waals surface area contributed by atoms with E-state index in [4.69, 9.17) is 5.73 Å². The van der Waals surface area contributed by atoms with Crippen molar-refractivity contribution in [1.29, 1.82) is 0 Å². The molecule has 0 aliphatic heterocycles. The number of H-pyrrole nitrogens is 2. The lowest BCUT2D eigenvalue weighted by molar-refractivity contribution is -0.115. The maximum absolute atomic E-state index is 14.6. The monoisotopic (exact) mass is 584 g/mol. The quantitative estimate of drug-likeness (QED) is 0.209. The Kier molecular flexibility index (Phi) is 6.75. The minimum Gasteiger partial charge on any atom is -0.352 e. The second kappa shape index (κ2) is 10.4. The number of pyridine rings is 3. The van der Waals surface area contributed by atoms with Crippen molar-refractivity contribution in [2.45, 2.75) is 18.7 Å². The molecule has 0 radical (unpaired) electrons. The Morgan fingerprint density at radius 2 is 1.79 bits per heavy atom. The summed E-state index contributed by atoms with van der Waals surface area (Å²) in [6.07, 6.45) is 9.51. The fourth-order valence-electron chi connectivity index (χ4n) is 4.77. The van der Waals surface area contributed by atoms with Gasteiger partial charge in [0.2, 0.25) is 5.91 Å². The molecule has 11 nitrogen and oxygen atoms in total. The van der Waals surface area contributed by atoms with Crippen LogP contribution < -0.4 is 11.1 Å². The van der Waals surface area contributed by atoms with Gasteiger partial charge in [-0.3, -0.25) is 24.8 Å². The van der Waals surface area contributed by atoms with Crippen molar-refractivity contribution < 1.29 is 17.6 Å². The van der Waals surface area contributed by atoms with Crippen LogP contribution in [-0.4, -0.2) is 50.7 Å². The van der Waals surface area contributed by atoms with E-state index in [9.17, 15) is 17.6 Å². The number of nitrogens with zero attached hydrogens (tertiary/aromatic N) is 4. The lowest BCUT2D eigenvalue weighted by Gasteiger charge is -2.12. The van der Waals surface area contributed by atoms with Gasteiger partial charge in [0, 0.05) is 47.0 Å². The van der Waals surface area contributed by atoms with Crippen molar-refractivity contribution in [3.63, 3.8) is 0 Å². The Balaban J connectivity index is 1.42. The van der Waals surface area contributed by atoms with Gasteiger partial charge in [-0.15, -0.1) is 0 Å². The van der Waals surface area contributed by atoms with E-state index >= 15 is 0 Å². The highest BCUT2D eigenvalue weighted by molar-refractivity contribution is 7.90. The standard InChI is InChI=1S/C29H25FN8O3S/c1-3-27(39)35-19-7-17(10-32-11-19)23-9-21-26(14-34-23)37-38-28(21)24-8-20-22(12-33-13-25(20)36-24)15-4-16(6-18(30)5-15)29(31)42(2,40)41/h4-14,29,36H,3,31H2,1-2H3,(H,35,39)(H,37,38). The molecule has 5 N–H and O–H groups in total. The zero-order chi connectivity index (χ0) is 29.6. The second-order valence-corrected chi connectivity index (χ2v) is 12.1. The number of fused-ring (bicyclic) bond motifs is 2. The second-order valence-electron chi connectivity index (χ2n) is 9.91. The molecule has 1 aromatic carbocycles. The number of nitrogens with two attached hydrogens (primary N) is 1. The summed E-state index contributed by atoms with van der Waals surface area (Å²) in [5.74, 6) is -0.727. The molecule has 0 fully saturated rings. The molecule has 0 spiro atoms. The van der Waals surface area contributed by atoms with E-state index in [2.05, 4.69) is 35.5 Å². The van der Waals surface area contributed by atoms with E-state index in [1.807, 2.05) is 12.1 Å². The fourth-order valence-corrected chi connectivity index (χ4v) is 5.40. The number of benzene rings is 1. The minimum absolute atomic E-state index is 0.116. The van der Waals surface area contributed by atoms with Gasteiger partial charge in [-0.2, -0.15) is 5.10 Å². The lowest BCUT2D eigenvalue weighted by atomic mass is 10.0. The molecule has 1 unspecified atom stereocenters. The van der Waals surface area contributed by atoms with Crippen LogP contribution in [0.4, 0.5) is 10.1 Å². The molecule has 1 amide bonds. The van der Waals surface area contributed by atoms with E-state index in [1.165, 1.54) is 6.07 Å². The minimum atomic E-state index is -3.64. The number of carbonyl (C=O) groups excluding carboxylic acids is 1. The molecule has 0 aliphatic carbocycles. The van der Waals surface area contributed by atoms with Crippen LogP contribution >= 0.6 is 0 Å². The van der Waals surface area contributed by atoms with E-state index < -0.39 is 21.0 Å². The summed E-state index contributed by atoms with van der Waals surface area (Å²) < 4.78 is 38.7. The van der Waals surface area contributed by atoms with Crippen molar-refractivity contribution in [3.05, 3.63) is 78.8 Å². The molecule has 13 heteroatoms. The highest BCUT2D eigenvalue weighted by Gasteiger charge is 2.21. The number of hydrogen-bond donors (Lipinski definition) is 4. The zero-order valence-corrected chi connectivity index (χ0v) is 23.3. The molecule has 0 saturated carbocycles. The van der Waals surface area contributed by atoms with E-state index in [0.29, 0.717) is 51.4 Å². The van der Waals surface area contributed by atoms with Crippen LogP contribution in [0.2, 0.25) is 0 Å². The Hall–Kier alpha value is -5.01. The predicted octanol–water partition coefficient (Wildman–Crippen LogP) is 4.72. The highest BCUT2D eigenvalue weighted by Crippen LogP contribution is 2.35. The van der Waals surface area contributed by atoms with Gasteiger partial charge in [-0.25, -0.2) is 12.8 Å². The number of hydrogen-bond acceptors (Lipinski definition) is 8. The van der Waals surface area contributed by atoms with Crippen LogP contribution in [0.1, 0.15) is 24.3 Å². The predicted molar refractivity (Wildman–Crippen MR) is 158 cm³/mol. The average Bonchev–Trinajstić information content (AvgIpc) is 3.59. The molecule has 0 saturated heterocycles. The van der Waals surface area contributed by atoms with Crippen molar-refractivity contribution in [3.8, 4) is 33.8 Å². The summed E-state index contributed by atoms with van der Waals surface area (Å²) in [6, 6.07) is 9.56. The Labute approximate surface area is 239 Å². The third kappa shape index (κ3) is 5.10. The maximum Gasteiger partial charge on any atom is 0.224 e. The number of amides is 1. The van der Waals surface area contributed by atoms with Crippen molar-refractivity contribution >= 4 is 43.2 Å². The normalized spacial score (nSPS) is 12.6. The van der Waals surface area contributed by atoms with Crippen LogP contribution in [0.5, 0.6) is 0 Å². The van der Waals surface area contributed by atoms with Gasteiger partial charge in [-0.1, -0.05) is 6.92 Å². The lowest BCUT2D eigenvalue weighted by Crippen LogP contribution is -2.20. The molecule has 5 aromatic heterocycles. The van der Waals surface area contributed by atoms with Crippen LogP contribution in [0.15, 0.2) is 67.4 Å². The smallest absolute Gasteiger partial charge is 0.224 e. The summed E-state index contributed by atoms with van der Waals surface area (Å²) >= 11 is 0. The van der Waals surface area contributed by atoms with Crippen molar-refractivity contribution in [2.75, 3.05) is 11.6 Å². The molecule has 0 aliphatic rings. The highest BCUT2D eigenvalue weighted by atomic mass is 32.2. The number of halogens is 1. The van der Waals surface area contributed by atoms with Crippen molar-refractivity contribution in [2.24, 2.45) is 5.73 Å². The van der Waals surface area contributed by atoms with Gasteiger partial charge in [0.1, 0.15) is 16.9 Å². The summed E-state index contributed by atoms with van der Waals surface area (Å²) in [7, 11) is -3.64. The zero-order valence-electron chi connectivity index (χ0n) is 22.5. The molecule has 1 atom stereocenters. The molecule has 212 valence electrons. The number of carbonyl (C=O) groups is 1. The first-order valence-electron chi connectivity index (χ1n) is 12.9. The first-order chi connectivity index (χ1) is 20.1. The van der Waals surface area contributed by atoms with Gasteiger partial charge in [0.15, 0.2) is 9.84 Å². The van der Waals surface area contributed by atoms with Crippen LogP contribution in [-0.2, 0) is 14.6 Å². The first kappa shape index (κ1) is 27.2. The summed E-state index contributed by atoms with van der Waals surface area (Å²) in [5, 5.41) is 10.5. The molecule has 0 bridgehead atoms. The number of nitrogens with one attached hydrogen (secondary N) is 3. The molecule has 42 heavy (non-hydrogen) atoms. The van der Waals surface area contributed by atoms with E-state index in [-0.39, 0.29) is 11.5 Å². The molecular formula is C29H25FN8O3S. The van der Waals surface area contributed by atoms with Gasteiger partial charge in [0.05, 0.1) is 46.7 Å². The number of aromatic amines is 2. The maximum atomic E-state index is 14.6. The Bertz CT molecular complexity index is 2110. The third-order valence-electron chi connectivity index (χ3n) is 6.91. The first-order valence-corrected chi connectivity index (χ1v) is 14.9. The number of anilines is 1. The van der Waals surface area contributed by atoms with Gasteiger partial charge >= 0.3 is 0 Å². The molecule has 6 aromatic rings. The Morgan fingerprint density at radius 1 is 0.976 bits per heavy atom. The van der Waals surface area contributed by atoms with Crippen LogP contribution in [0.25, 0.3) is 55.6 Å². The van der Waals surface area contributed by atoms with Gasteiger partial charge in [-0.05, 0) is 47.5 Å². The molecule has 6 rings (SSSR count). The Morgan fingerprint density at radius 3 is 2.57 bits per heavy atom. The third-order valence-corrected chi connectivity index (χ3v) is 8.10. The summed E-state index contributed by atoms with van der Waals surface area (Å²) in [4.78, 5) is 28.3. The van der Waals surface area contributed by atoms with E-state index in [1.54, 1.807) is 50.0 Å². The fraction of sp³-hybridized carbons (Fsp3) is 0.138. The van der Waals surface area contributed by atoms with E-state index in [0.717, 1.165) is 28.7 Å². The van der Waals surface area contributed by atoms with Crippen LogP contribution in [0, 0.1) is 5.82 Å². The summed E-state index contributed by atoms with van der Waals surface area (Å²) in [6.45, 7) is 1.77. The van der Waals surface area contributed by atoms with Gasteiger partial charge in [0.25, 0.3) is 0 Å². The number of rotatable bonds is 7. The largest absolute Gasteiger partial charge is 0.352 e. The van der Waals surface area contributed by atoms with Crippen LogP contribution in [0.3, 0.4) is 0 Å². The topological polar surface area (TPSA) is 172 Å². The molecular weight excluding hydrogens is 559 g/mol. The SMILES string of the molecule is CCC(=O)Nc1cncc(-c2cc3c(-c4cc5c(-c6cc(F)cc(C(N)S(C)(=O)=O)c6)cncc5[nH]4)n[nH]c3cn2)c1. The van der Waals surface area contributed by atoms with Gasteiger partial charge < -0.3 is 16.0 Å². The number of aromatic nitrogens is 6. The molecule has 5 heterocycles. The number of sulfone groups is 1. The van der Waals surface area contributed by atoms with Crippen molar-refractivity contribution in [1.82, 2.24) is 30.1 Å². The average molecular weight is 585 g/mol.